The number of rotatable bonds is 5. The van der Waals surface area contributed by atoms with E-state index in [4.69, 9.17) is 0 Å². The number of aromatic nitrogens is 2. The van der Waals surface area contributed by atoms with Crippen molar-refractivity contribution in [2.45, 2.75) is 19.9 Å². The molecule has 3 nitrogen and oxygen atoms in total. The maximum absolute atomic E-state index is 4.52. The zero-order valence-electron chi connectivity index (χ0n) is 9.31. The Balaban J connectivity index is 2.04. The van der Waals surface area contributed by atoms with Gasteiger partial charge in [0.15, 0.2) is 0 Å². The van der Waals surface area contributed by atoms with E-state index in [1.807, 2.05) is 12.3 Å². The second-order valence-corrected chi connectivity index (χ2v) is 4.53. The van der Waals surface area contributed by atoms with E-state index in [0.29, 0.717) is 0 Å². The lowest BCUT2D eigenvalue weighted by Crippen LogP contribution is -2.13. The standard InChI is InChI=1S/C12H15N3S/c1-2-13-9-10-5-6-14-12(15-10)8-11-4-3-7-16-11/h3-7,13H,2,8-9H2,1H3. The lowest BCUT2D eigenvalue weighted by Gasteiger charge is -2.03. The Morgan fingerprint density at radius 3 is 3.06 bits per heavy atom. The summed E-state index contributed by atoms with van der Waals surface area (Å²) in [6.45, 7) is 3.87. The van der Waals surface area contributed by atoms with E-state index in [9.17, 15) is 0 Å². The van der Waals surface area contributed by atoms with Crippen LogP contribution in [0.25, 0.3) is 0 Å². The van der Waals surface area contributed by atoms with Gasteiger partial charge in [-0.15, -0.1) is 11.3 Å². The van der Waals surface area contributed by atoms with Crippen molar-refractivity contribution in [2.75, 3.05) is 6.54 Å². The summed E-state index contributed by atoms with van der Waals surface area (Å²) in [5, 5.41) is 5.34. The van der Waals surface area contributed by atoms with Crippen LogP contribution in [0.1, 0.15) is 23.3 Å². The van der Waals surface area contributed by atoms with Crippen LogP contribution < -0.4 is 5.32 Å². The summed E-state index contributed by atoms with van der Waals surface area (Å²) in [4.78, 5) is 10.1. The molecule has 0 unspecified atom stereocenters. The van der Waals surface area contributed by atoms with Gasteiger partial charge >= 0.3 is 0 Å². The molecule has 0 spiro atoms. The van der Waals surface area contributed by atoms with Crippen LogP contribution in [0.2, 0.25) is 0 Å². The van der Waals surface area contributed by atoms with Gasteiger partial charge in [0.05, 0.1) is 5.69 Å². The highest BCUT2D eigenvalue weighted by molar-refractivity contribution is 7.09. The van der Waals surface area contributed by atoms with Crippen molar-refractivity contribution in [3.63, 3.8) is 0 Å². The Morgan fingerprint density at radius 2 is 2.31 bits per heavy atom. The summed E-state index contributed by atoms with van der Waals surface area (Å²) < 4.78 is 0. The zero-order chi connectivity index (χ0) is 11.2. The molecular weight excluding hydrogens is 218 g/mol. The Bertz CT molecular complexity index is 426. The van der Waals surface area contributed by atoms with Crippen LogP contribution in [0.3, 0.4) is 0 Å². The number of hydrogen-bond donors (Lipinski definition) is 1. The van der Waals surface area contributed by atoms with Crippen molar-refractivity contribution < 1.29 is 0 Å². The average molecular weight is 233 g/mol. The first-order chi connectivity index (χ1) is 7.88. The molecule has 4 heteroatoms. The van der Waals surface area contributed by atoms with Crippen LogP contribution in [-0.2, 0) is 13.0 Å². The topological polar surface area (TPSA) is 37.8 Å². The second kappa shape index (κ2) is 5.72. The lowest BCUT2D eigenvalue weighted by atomic mass is 10.3. The molecule has 2 heterocycles. The first-order valence-electron chi connectivity index (χ1n) is 5.42. The number of nitrogens with one attached hydrogen (secondary N) is 1. The highest BCUT2D eigenvalue weighted by Gasteiger charge is 2.01. The second-order valence-electron chi connectivity index (χ2n) is 3.50. The largest absolute Gasteiger partial charge is 0.311 e. The maximum Gasteiger partial charge on any atom is 0.133 e. The fourth-order valence-corrected chi connectivity index (χ4v) is 2.15. The predicted octanol–water partition coefficient (Wildman–Crippen LogP) is 2.24. The van der Waals surface area contributed by atoms with Crippen molar-refractivity contribution in [3.8, 4) is 0 Å². The zero-order valence-corrected chi connectivity index (χ0v) is 10.1. The molecule has 1 N–H and O–H groups in total. The molecule has 0 atom stereocenters. The van der Waals surface area contributed by atoms with Crippen LogP contribution in [0.5, 0.6) is 0 Å². The number of hydrogen-bond acceptors (Lipinski definition) is 4. The average Bonchev–Trinajstić information content (AvgIpc) is 2.80. The molecule has 0 bridgehead atoms. The van der Waals surface area contributed by atoms with Crippen molar-refractivity contribution in [1.82, 2.24) is 15.3 Å². The van der Waals surface area contributed by atoms with Gasteiger partial charge in [-0.05, 0) is 24.1 Å². The van der Waals surface area contributed by atoms with E-state index in [-0.39, 0.29) is 0 Å². The smallest absolute Gasteiger partial charge is 0.133 e. The van der Waals surface area contributed by atoms with Crippen LogP contribution in [0.15, 0.2) is 29.8 Å². The Labute approximate surface area is 99.6 Å². The molecule has 0 radical (unpaired) electrons. The van der Waals surface area contributed by atoms with Crippen LogP contribution in [0.4, 0.5) is 0 Å². The van der Waals surface area contributed by atoms with Crippen molar-refractivity contribution in [3.05, 3.63) is 46.2 Å². The van der Waals surface area contributed by atoms with Gasteiger partial charge in [-0.25, -0.2) is 9.97 Å². The maximum atomic E-state index is 4.52. The van der Waals surface area contributed by atoms with E-state index in [1.165, 1.54) is 4.88 Å². The van der Waals surface area contributed by atoms with Crippen LogP contribution >= 0.6 is 11.3 Å². The highest BCUT2D eigenvalue weighted by Crippen LogP contribution is 2.12. The summed E-state index contributed by atoms with van der Waals surface area (Å²) in [6, 6.07) is 6.13. The SMILES string of the molecule is CCNCc1ccnc(Cc2cccs2)n1. The highest BCUT2D eigenvalue weighted by atomic mass is 32.1. The van der Waals surface area contributed by atoms with E-state index in [2.05, 4.69) is 39.7 Å². The van der Waals surface area contributed by atoms with Gasteiger partial charge < -0.3 is 5.32 Å². The minimum atomic E-state index is 0.816. The summed E-state index contributed by atoms with van der Waals surface area (Å²) in [5.41, 5.74) is 1.06. The summed E-state index contributed by atoms with van der Waals surface area (Å²) in [6.07, 6.45) is 2.67. The molecule has 2 aromatic heterocycles. The minimum Gasteiger partial charge on any atom is -0.311 e. The van der Waals surface area contributed by atoms with Crippen molar-refractivity contribution in [1.29, 1.82) is 0 Å². The van der Waals surface area contributed by atoms with Gasteiger partial charge in [-0.1, -0.05) is 13.0 Å². The molecule has 0 fully saturated rings. The molecule has 0 aliphatic heterocycles. The van der Waals surface area contributed by atoms with Gasteiger partial charge in [-0.3, -0.25) is 0 Å². The molecule has 0 aliphatic carbocycles. The molecule has 0 amide bonds. The molecule has 16 heavy (non-hydrogen) atoms. The third-order valence-electron chi connectivity index (χ3n) is 2.23. The molecule has 2 aromatic rings. The van der Waals surface area contributed by atoms with Crippen molar-refractivity contribution in [2.24, 2.45) is 0 Å². The lowest BCUT2D eigenvalue weighted by molar-refractivity contribution is 0.702. The van der Waals surface area contributed by atoms with Gasteiger partial charge in [0, 0.05) is 24.0 Å². The molecule has 2 rings (SSSR count). The first kappa shape index (κ1) is 11.2. The first-order valence-corrected chi connectivity index (χ1v) is 6.30. The number of thiophene rings is 1. The molecule has 0 aromatic carbocycles. The Morgan fingerprint density at radius 1 is 1.38 bits per heavy atom. The third kappa shape index (κ3) is 3.12. The normalized spacial score (nSPS) is 10.6. The summed E-state index contributed by atoms with van der Waals surface area (Å²) in [7, 11) is 0. The van der Waals surface area contributed by atoms with Crippen molar-refractivity contribution >= 4 is 11.3 Å². The summed E-state index contributed by atoms with van der Waals surface area (Å²) in [5.74, 6) is 0.901. The third-order valence-corrected chi connectivity index (χ3v) is 3.11. The Hall–Kier alpha value is -1.26. The van der Waals surface area contributed by atoms with Gasteiger partial charge in [-0.2, -0.15) is 0 Å². The van der Waals surface area contributed by atoms with E-state index >= 15 is 0 Å². The monoisotopic (exact) mass is 233 g/mol. The van der Waals surface area contributed by atoms with Gasteiger partial charge in [0.1, 0.15) is 5.82 Å². The number of nitrogens with zero attached hydrogens (tertiary/aromatic N) is 2. The fraction of sp³-hybridized carbons (Fsp3) is 0.333. The van der Waals surface area contributed by atoms with Gasteiger partial charge in [0.25, 0.3) is 0 Å². The predicted molar refractivity (Wildman–Crippen MR) is 66.5 cm³/mol. The molecule has 0 saturated carbocycles. The van der Waals surface area contributed by atoms with E-state index in [0.717, 1.165) is 31.0 Å². The van der Waals surface area contributed by atoms with Crippen LogP contribution in [0, 0.1) is 0 Å². The van der Waals surface area contributed by atoms with E-state index in [1.54, 1.807) is 11.3 Å². The Kier molecular flexibility index (Phi) is 4.02. The molecule has 0 saturated heterocycles. The molecule has 84 valence electrons. The fourth-order valence-electron chi connectivity index (χ4n) is 1.45. The quantitative estimate of drug-likeness (QED) is 0.860. The molecular formula is C12H15N3S. The summed E-state index contributed by atoms with van der Waals surface area (Å²) >= 11 is 1.75. The van der Waals surface area contributed by atoms with Gasteiger partial charge in [0.2, 0.25) is 0 Å². The van der Waals surface area contributed by atoms with E-state index < -0.39 is 0 Å². The van der Waals surface area contributed by atoms with Crippen LogP contribution in [-0.4, -0.2) is 16.5 Å². The molecule has 0 aliphatic rings. The minimum absolute atomic E-state index is 0.816.